The molecule has 0 bridgehead atoms. The number of halogens is 2. The Morgan fingerprint density at radius 2 is 2.03 bits per heavy atom. The van der Waals surface area contributed by atoms with Gasteiger partial charge in [-0.1, -0.05) is 11.6 Å². The molecule has 174 valence electrons. The molecule has 1 saturated heterocycles. The molecular weight excluding hydrogens is 504 g/mol. The predicted octanol–water partition coefficient (Wildman–Crippen LogP) is 3.03. The summed E-state index contributed by atoms with van der Waals surface area (Å²) in [5, 5.41) is 3.81. The quantitative estimate of drug-likeness (QED) is 0.631. The number of hydrogen-bond acceptors (Lipinski definition) is 6. The number of carbonyl (C=O) groups excluding carboxylic acids is 1. The lowest BCUT2D eigenvalue weighted by Crippen LogP contribution is -2.55. The Bertz CT molecular complexity index is 1170. The molecule has 4 rings (SSSR count). The molecule has 1 saturated carbocycles. The number of aromatic nitrogens is 2. The molecule has 1 aromatic carbocycles. The third kappa shape index (κ3) is 4.82. The molecule has 2 fully saturated rings. The van der Waals surface area contributed by atoms with Gasteiger partial charge in [0.25, 0.3) is 5.56 Å². The van der Waals surface area contributed by atoms with Crippen LogP contribution in [0.2, 0.25) is 5.02 Å². The molecule has 1 amide bonds. The Kier molecular flexibility index (Phi) is 6.30. The molecular formula is C21H26BrClN4O5. The summed E-state index contributed by atoms with van der Waals surface area (Å²) in [5.41, 5.74) is -1.07. The lowest BCUT2D eigenvalue weighted by Gasteiger charge is -2.34. The van der Waals surface area contributed by atoms with Crippen molar-refractivity contribution in [1.82, 2.24) is 19.8 Å². The number of benzene rings is 1. The van der Waals surface area contributed by atoms with Crippen molar-refractivity contribution in [3.05, 3.63) is 36.4 Å². The number of nitrogens with zero attached hydrogens (tertiary/aromatic N) is 2. The molecule has 0 unspecified atom stereocenters. The summed E-state index contributed by atoms with van der Waals surface area (Å²) in [7, 11) is 0. The van der Waals surface area contributed by atoms with Crippen molar-refractivity contribution in [3.63, 3.8) is 0 Å². The number of aromatic amines is 1. The minimum Gasteiger partial charge on any atom is -0.489 e. The van der Waals surface area contributed by atoms with E-state index in [2.05, 4.69) is 26.2 Å². The van der Waals surface area contributed by atoms with Crippen LogP contribution in [0.1, 0.15) is 39.7 Å². The third-order valence-electron chi connectivity index (χ3n) is 5.33. The second kappa shape index (κ2) is 8.72. The lowest BCUT2D eigenvalue weighted by atomic mass is 10.2. The van der Waals surface area contributed by atoms with E-state index in [9.17, 15) is 14.4 Å². The number of rotatable bonds is 4. The number of hydrogen-bond donors (Lipinski definition) is 2. The highest BCUT2D eigenvalue weighted by molar-refractivity contribution is 9.10. The molecule has 2 N–H and O–H groups in total. The first-order valence-electron chi connectivity index (χ1n) is 10.6. The number of amides is 1. The molecule has 1 aliphatic heterocycles. The van der Waals surface area contributed by atoms with Crippen LogP contribution in [-0.2, 0) is 4.74 Å². The van der Waals surface area contributed by atoms with Gasteiger partial charge < -0.3 is 19.7 Å². The molecule has 9 nitrogen and oxygen atoms in total. The van der Waals surface area contributed by atoms with Crippen LogP contribution in [0.5, 0.6) is 5.75 Å². The van der Waals surface area contributed by atoms with Gasteiger partial charge >= 0.3 is 11.8 Å². The fourth-order valence-corrected chi connectivity index (χ4v) is 4.37. The highest BCUT2D eigenvalue weighted by Gasteiger charge is 2.30. The zero-order chi connectivity index (χ0) is 23.2. The first-order valence-corrected chi connectivity index (χ1v) is 11.7. The number of nitrogens with one attached hydrogen (secondary N) is 2. The second-order valence-corrected chi connectivity index (χ2v) is 10.4. The first-order chi connectivity index (χ1) is 15.0. The number of piperazine rings is 1. The van der Waals surface area contributed by atoms with E-state index in [0.29, 0.717) is 29.6 Å². The largest absolute Gasteiger partial charge is 0.489 e. The summed E-state index contributed by atoms with van der Waals surface area (Å²) in [4.78, 5) is 41.5. The molecule has 2 aromatic rings. The molecule has 0 radical (unpaired) electrons. The van der Waals surface area contributed by atoms with E-state index in [-0.39, 0.29) is 40.9 Å². The molecule has 32 heavy (non-hydrogen) atoms. The fraction of sp³-hybridized carbons (Fsp3) is 0.571. The predicted molar refractivity (Wildman–Crippen MR) is 125 cm³/mol. The van der Waals surface area contributed by atoms with Crippen LogP contribution in [0.15, 0.2) is 20.1 Å². The van der Waals surface area contributed by atoms with E-state index in [1.807, 2.05) is 20.8 Å². The summed E-state index contributed by atoms with van der Waals surface area (Å²) < 4.78 is 13.6. The van der Waals surface area contributed by atoms with Gasteiger partial charge in [-0.2, -0.15) is 0 Å². The summed E-state index contributed by atoms with van der Waals surface area (Å²) in [6.07, 6.45) is 1.38. The van der Waals surface area contributed by atoms with E-state index < -0.39 is 16.9 Å². The Balaban J connectivity index is 1.59. The van der Waals surface area contributed by atoms with Crippen LogP contribution >= 0.6 is 27.5 Å². The SMILES string of the molecule is CC(C)(C)OC(=O)N1CCN[C@H](COc2c(Cl)c(Br)cc3c2c(=O)[nH]c(=O)n3C2CC2)C1. The highest BCUT2D eigenvalue weighted by Crippen LogP contribution is 2.41. The first kappa shape index (κ1) is 23.1. The van der Waals surface area contributed by atoms with Crippen molar-refractivity contribution in [2.45, 2.75) is 51.3 Å². The topological polar surface area (TPSA) is 106 Å². The van der Waals surface area contributed by atoms with Gasteiger partial charge in [0.2, 0.25) is 0 Å². The van der Waals surface area contributed by atoms with E-state index in [0.717, 1.165) is 12.8 Å². The number of carbonyl (C=O) groups is 1. The minimum absolute atomic E-state index is 0.0603. The van der Waals surface area contributed by atoms with Crippen molar-refractivity contribution in [3.8, 4) is 5.75 Å². The minimum atomic E-state index is -0.574. The van der Waals surface area contributed by atoms with Crippen molar-refractivity contribution < 1.29 is 14.3 Å². The van der Waals surface area contributed by atoms with Crippen LogP contribution in [0.3, 0.4) is 0 Å². The monoisotopic (exact) mass is 528 g/mol. The standard InChI is InChI=1S/C21H26BrClN4O5/c1-21(2,3)32-20(30)26-7-6-24-11(9-26)10-31-17-15-14(8-13(22)16(17)23)27(12-4-5-12)19(29)25-18(15)28/h8,11-12,24H,4-7,9-10H2,1-3H3,(H,25,28,29)/t11-/m0/s1. The second-order valence-electron chi connectivity index (χ2n) is 9.14. The average molecular weight is 530 g/mol. The van der Waals surface area contributed by atoms with E-state index in [1.165, 1.54) is 0 Å². The normalized spacial score (nSPS) is 19.3. The molecule has 11 heteroatoms. The Morgan fingerprint density at radius 1 is 1.31 bits per heavy atom. The zero-order valence-electron chi connectivity index (χ0n) is 18.2. The van der Waals surface area contributed by atoms with Crippen molar-refractivity contribution in [2.24, 2.45) is 0 Å². The Labute approximate surface area is 198 Å². The molecule has 2 heterocycles. The van der Waals surface area contributed by atoms with Gasteiger partial charge in [0.1, 0.15) is 17.6 Å². The maximum absolute atomic E-state index is 12.7. The average Bonchev–Trinajstić information content (AvgIpc) is 3.52. The van der Waals surface area contributed by atoms with E-state index >= 15 is 0 Å². The fourth-order valence-electron chi connectivity index (χ4n) is 3.77. The molecule has 1 aromatic heterocycles. The van der Waals surface area contributed by atoms with Crippen molar-refractivity contribution >= 4 is 44.5 Å². The number of H-pyrrole nitrogens is 1. The molecule has 2 aliphatic rings. The smallest absolute Gasteiger partial charge is 0.410 e. The van der Waals surface area contributed by atoms with Crippen LogP contribution in [0, 0.1) is 0 Å². The summed E-state index contributed by atoms with van der Waals surface area (Å²) in [6, 6.07) is 1.56. The van der Waals surface area contributed by atoms with Crippen molar-refractivity contribution in [2.75, 3.05) is 26.2 Å². The van der Waals surface area contributed by atoms with Gasteiger partial charge in [0, 0.05) is 30.1 Å². The summed E-state index contributed by atoms with van der Waals surface area (Å²) >= 11 is 9.90. The van der Waals surface area contributed by atoms with Gasteiger partial charge in [-0.25, -0.2) is 9.59 Å². The maximum Gasteiger partial charge on any atom is 0.410 e. The summed E-state index contributed by atoms with van der Waals surface area (Å²) in [6.45, 7) is 7.15. The molecule has 1 aliphatic carbocycles. The zero-order valence-corrected chi connectivity index (χ0v) is 20.5. The van der Waals surface area contributed by atoms with Gasteiger partial charge in [-0.05, 0) is 55.6 Å². The Hall–Kier alpha value is -2.04. The van der Waals surface area contributed by atoms with Crippen LogP contribution in [0.4, 0.5) is 4.79 Å². The van der Waals surface area contributed by atoms with Crippen molar-refractivity contribution in [1.29, 1.82) is 0 Å². The van der Waals surface area contributed by atoms with Gasteiger partial charge in [0.15, 0.2) is 5.75 Å². The molecule has 1 atom stereocenters. The Morgan fingerprint density at radius 3 is 2.69 bits per heavy atom. The third-order valence-corrected chi connectivity index (χ3v) is 6.56. The van der Waals surface area contributed by atoms with Gasteiger partial charge in [-0.3, -0.25) is 14.3 Å². The van der Waals surface area contributed by atoms with Gasteiger partial charge in [-0.15, -0.1) is 0 Å². The lowest BCUT2D eigenvalue weighted by molar-refractivity contribution is 0.0178. The highest BCUT2D eigenvalue weighted by atomic mass is 79.9. The van der Waals surface area contributed by atoms with E-state index in [4.69, 9.17) is 21.1 Å². The van der Waals surface area contributed by atoms with E-state index in [1.54, 1.807) is 15.5 Å². The van der Waals surface area contributed by atoms with Crippen LogP contribution in [-0.4, -0.2) is 58.4 Å². The molecule has 0 spiro atoms. The van der Waals surface area contributed by atoms with Crippen LogP contribution < -0.4 is 21.3 Å². The number of fused-ring (bicyclic) bond motifs is 1. The van der Waals surface area contributed by atoms with Gasteiger partial charge in [0.05, 0.1) is 16.6 Å². The number of ether oxygens (including phenoxy) is 2. The van der Waals surface area contributed by atoms with Crippen LogP contribution in [0.25, 0.3) is 10.9 Å². The summed E-state index contributed by atoms with van der Waals surface area (Å²) in [5.74, 6) is 0.211. The maximum atomic E-state index is 12.7.